The van der Waals surface area contributed by atoms with Crippen LogP contribution < -0.4 is 0 Å². The smallest absolute Gasteiger partial charge is 0.267 e. The third-order valence-electron chi connectivity index (χ3n) is 3.28. The van der Waals surface area contributed by atoms with Crippen LogP contribution in [0.2, 0.25) is 5.02 Å². The van der Waals surface area contributed by atoms with Crippen molar-refractivity contribution in [1.29, 1.82) is 5.26 Å². The largest absolute Gasteiger partial charge is 0.275 e. The molecule has 0 saturated carbocycles. The van der Waals surface area contributed by atoms with Crippen LogP contribution >= 0.6 is 11.6 Å². The first kappa shape index (κ1) is 13.3. The number of rotatable bonds is 1. The Kier molecular flexibility index (Phi) is 3.43. The van der Waals surface area contributed by atoms with Gasteiger partial charge in [-0.2, -0.15) is 10.4 Å². The summed E-state index contributed by atoms with van der Waals surface area (Å²) in [5, 5.41) is 15.3. The van der Waals surface area contributed by atoms with E-state index in [1.807, 2.05) is 24.3 Å². The number of benzene rings is 2. The zero-order chi connectivity index (χ0) is 14.8. The van der Waals surface area contributed by atoms with Crippen LogP contribution in [0.25, 0.3) is 0 Å². The molecule has 1 unspecified atom stereocenters. The lowest BCUT2D eigenvalue weighted by molar-refractivity contribution is 0.0720. The number of carbonyl (C=O) groups excluding carboxylic acids is 1. The molecule has 2 aromatic carbocycles. The molecule has 1 amide bonds. The van der Waals surface area contributed by atoms with Crippen LogP contribution in [-0.2, 0) is 0 Å². The van der Waals surface area contributed by atoms with E-state index in [0.717, 1.165) is 11.1 Å². The fraction of sp³-hybridized carbons (Fsp3) is 0.0625. The summed E-state index contributed by atoms with van der Waals surface area (Å²) in [7, 11) is 0. The topological polar surface area (TPSA) is 56.5 Å². The number of hydrogen-bond donors (Lipinski definition) is 0. The second kappa shape index (κ2) is 5.39. The van der Waals surface area contributed by atoms with Gasteiger partial charge in [0.05, 0.1) is 12.3 Å². The van der Waals surface area contributed by atoms with E-state index < -0.39 is 6.04 Å². The van der Waals surface area contributed by atoms with Gasteiger partial charge in [0.1, 0.15) is 0 Å². The monoisotopic (exact) mass is 295 g/mol. The maximum absolute atomic E-state index is 12.5. The fourth-order valence-electron chi connectivity index (χ4n) is 2.22. The van der Waals surface area contributed by atoms with Gasteiger partial charge in [-0.3, -0.25) is 4.79 Å². The summed E-state index contributed by atoms with van der Waals surface area (Å²) >= 11 is 5.82. The van der Waals surface area contributed by atoms with Gasteiger partial charge in [-0.15, -0.1) is 0 Å². The lowest BCUT2D eigenvalue weighted by Crippen LogP contribution is -2.32. The van der Waals surface area contributed by atoms with E-state index in [1.54, 1.807) is 30.5 Å². The first-order chi connectivity index (χ1) is 10.2. The number of amides is 1. The molecule has 1 heterocycles. The minimum absolute atomic E-state index is 0.330. The lowest BCUT2D eigenvalue weighted by Gasteiger charge is -2.27. The van der Waals surface area contributed by atoms with Crippen LogP contribution in [-0.4, -0.2) is 17.1 Å². The Morgan fingerprint density at radius 3 is 2.62 bits per heavy atom. The summed E-state index contributed by atoms with van der Waals surface area (Å²) in [5.41, 5.74) is 2.07. The Hall–Kier alpha value is -2.64. The first-order valence-electron chi connectivity index (χ1n) is 6.32. The highest BCUT2D eigenvalue weighted by Crippen LogP contribution is 2.28. The van der Waals surface area contributed by atoms with Crippen LogP contribution in [0.15, 0.2) is 53.6 Å². The molecular weight excluding hydrogens is 286 g/mol. The van der Waals surface area contributed by atoms with Crippen molar-refractivity contribution in [2.45, 2.75) is 6.04 Å². The van der Waals surface area contributed by atoms with E-state index in [4.69, 9.17) is 11.6 Å². The van der Waals surface area contributed by atoms with Gasteiger partial charge < -0.3 is 0 Å². The summed E-state index contributed by atoms with van der Waals surface area (Å²) in [6.45, 7) is 0. The fourth-order valence-corrected chi connectivity index (χ4v) is 2.34. The molecule has 102 valence electrons. The Labute approximate surface area is 126 Å². The van der Waals surface area contributed by atoms with Crippen molar-refractivity contribution in [3.63, 3.8) is 0 Å². The molecule has 5 heteroatoms. The van der Waals surface area contributed by atoms with Crippen LogP contribution in [0.5, 0.6) is 0 Å². The van der Waals surface area contributed by atoms with Gasteiger partial charge in [0.2, 0.25) is 0 Å². The van der Waals surface area contributed by atoms with Gasteiger partial charge in [0.15, 0.2) is 6.04 Å². The molecule has 0 fully saturated rings. The molecule has 2 aromatic rings. The minimum Gasteiger partial charge on any atom is -0.267 e. The zero-order valence-corrected chi connectivity index (χ0v) is 11.7. The molecule has 1 atom stereocenters. The zero-order valence-electron chi connectivity index (χ0n) is 10.9. The van der Waals surface area contributed by atoms with Gasteiger partial charge in [0, 0.05) is 16.1 Å². The Balaban J connectivity index is 1.98. The van der Waals surface area contributed by atoms with Crippen molar-refractivity contribution in [2.75, 3.05) is 0 Å². The molecule has 21 heavy (non-hydrogen) atoms. The number of fused-ring (bicyclic) bond motifs is 1. The normalized spacial score (nSPS) is 16.2. The predicted molar refractivity (Wildman–Crippen MR) is 80.0 cm³/mol. The summed E-state index contributed by atoms with van der Waals surface area (Å²) in [6, 6.07) is 15.3. The van der Waals surface area contributed by atoms with Crippen LogP contribution in [0.1, 0.15) is 27.5 Å². The van der Waals surface area contributed by atoms with E-state index in [1.165, 1.54) is 5.01 Å². The molecule has 0 radical (unpaired) electrons. The standard InChI is InChI=1S/C16H10ClN3O/c17-13-7-5-11(6-8-13)16(21)20-15(9-18)14-4-2-1-3-12(14)10-19-20/h1-8,10,15H. The summed E-state index contributed by atoms with van der Waals surface area (Å²) in [4.78, 5) is 12.5. The van der Waals surface area contributed by atoms with E-state index in [2.05, 4.69) is 11.2 Å². The van der Waals surface area contributed by atoms with Crippen LogP contribution in [0, 0.1) is 11.3 Å². The molecule has 0 N–H and O–H groups in total. The second-order valence-electron chi connectivity index (χ2n) is 4.56. The molecule has 0 saturated heterocycles. The second-order valence-corrected chi connectivity index (χ2v) is 5.00. The van der Waals surface area contributed by atoms with Crippen molar-refractivity contribution in [2.24, 2.45) is 5.10 Å². The molecule has 0 aromatic heterocycles. The quantitative estimate of drug-likeness (QED) is 0.809. The van der Waals surface area contributed by atoms with Crippen molar-refractivity contribution < 1.29 is 4.79 Å². The molecule has 0 spiro atoms. The number of hydrogen-bond acceptors (Lipinski definition) is 3. The van der Waals surface area contributed by atoms with Crippen molar-refractivity contribution in [3.05, 3.63) is 70.2 Å². The molecular formula is C16H10ClN3O. The lowest BCUT2D eigenvalue weighted by atomic mass is 9.99. The first-order valence-corrected chi connectivity index (χ1v) is 6.70. The number of nitriles is 1. The van der Waals surface area contributed by atoms with Gasteiger partial charge in [-0.05, 0) is 29.8 Å². The molecule has 0 aliphatic carbocycles. The summed E-state index contributed by atoms with van der Waals surface area (Å²) < 4.78 is 0. The average molecular weight is 296 g/mol. The van der Waals surface area contributed by atoms with Crippen molar-refractivity contribution in [1.82, 2.24) is 5.01 Å². The molecule has 1 aliphatic rings. The number of carbonyl (C=O) groups is 1. The van der Waals surface area contributed by atoms with Gasteiger partial charge in [-0.1, -0.05) is 35.9 Å². The minimum atomic E-state index is -0.727. The van der Waals surface area contributed by atoms with Gasteiger partial charge >= 0.3 is 0 Å². The third kappa shape index (κ3) is 2.39. The highest BCUT2D eigenvalue weighted by Gasteiger charge is 2.29. The maximum atomic E-state index is 12.5. The number of nitrogens with zero attached hydrogens (tertiary/aromatic N) is 3. The van der Waals surface area contributed by atoms with Crippen molar-refractivity contribution in [3.8, 4) is 6.07 Å². The molecule has 3 rings (SSSR count). The molecule has 1 aliphatic heterocycles. The Morgan fingerprint density at radius 2 is 1.90 bits per heavy atom. The predicted octanol–water partition coefficient (Wildman–Crippen LogP) is 3.39. The maximum Gasteiger partial charge on any atom is 0.275 e. The third-order valence-corrected chi connectivity index (χ3v) is 3.53. The average Bonchev–Trinajstić information content (AvgIpc) is 2.53. The van der Waals surface area contributed by atoms with Gasteiger partial charge in [0.25, 0.3) is 5.91 Å². The van der Waals surface area contributed by atoms with E-state index in [0.29, 0.717) is 10.6 Å². The van der Waals surface area contributed by atoms with Crippen LogP contribution in [0.3, 0.4) is 0 Å². The van der Waals surface area contributed by atoms with E-state index in [9.17, 15) is 10.1 Å². The number of halogens is 1. The SMILES string of the molecule is N#CC1c2ccccc2C=NN1C(=O)c1ccc(Cl)cc1. The summed E-state index contributed by atoms with van der Waals surface area (Å²) in [5.74, 6) is -0.330. The van der Waals surface area contributed by atoms with E-state index >= 15 is 0 Å². The highest BCUT2D eigenvalue weighted by molar-refractivity contribution is 6.30. The Bertz CT molecular complexity index is 762. The van der Waals surface area contributed by atoms with E-state index in [-0.39, 0.29) is 5.91 Å². The summed E-state index contributed by atoms with van der Waals surface area (Å²) in [6.07, 6.45) is 1.59. The van der Waals surface area contributed by atoms with Crippen molar-refractivity contribution >= 4 is 23.7 Å². The molecule has 0 bridgehead atoms. The van der Waals surface area contributed by atoms with Crippen LogP contribution in [0.4, 0.5) is 0 Å². The Morgan fingerprint density at radius 1 is 1.19 bits per heavy atom. The van der Waals surface area contributed by atoms with Gasteiger partial charge in [-0.25, -0.2) is 5.01 Å². The number of hydrazone groups is 1. The molecule has 4 nitrogen and oxygen atoms in total. The highest BCUT2D eigenvalue weighted by atomic mass is 35.5.